The van der Waals surface area contributed by atoms with Crippen molar-refractivity contribution < 1.29 is 46.8 Å². The van der Waals surface area contributed by atoms with Gasteiger partial charge in [0.25, 0.3) is 11.8 Å². The number of imide groups is 1. The van der Waals surface area contributed by atoms with Crippen LogP contribution >= 0.6 is 7.82 Å². The third-order valence-electron chi connectivity index (χ3n) is 11.3. The molecule has 12 heteroatoms. The molecule has 1 unspecified atom stereocenters. The number of fused-ring (bicyclic) bond motifs is 1. The number of hydrogen-bond acceptors (Lipinski definition) is 10. The highest BCUT2D eigenvalue weighted by molar-refractivity contribution is 7.48. The molecule has 0 bridgehead atoms. The van der Waals surface area contributed by atoms with Gasteiger partial charge in [-0.15, -0.1) is 0 Å². The molecule has 3 rings (SSSR count). The summed E-state index contributed by atoms with van der Waals surface area (Å²) in [5.74, 6) is -1.85. The van der Waals surface area contributed by atoms with Gasteiger partial charge in [-0.1, -0.05) is 189 Å². The van der Waals surface area contributed by atoms with E-state index in [1.165, 1.54) is 57.8 Å². The van der Waals surface area contributed by atoms with Crippen molar-refractivity contribution in [2.45, 2.75) is 181 Å². The molecule has 1 aliphatic heterocycles. The molecule has 2 aromatic carbocycles. The molecule has 1 aliphatic rings. The van der Waals surface area contributed by atoms with Crippen molar-refractivity contribution in [3.63, 3.8) is 0 Å². The van der Waals surface area contributed by atoms with Crippen LogP contribution in [0.4, 0.5) is 0 Å². The maximum atomic E-state index is 14.1. The van der Waals surface area contributed by atoms with Crippen molar-refractivity contribution in [3.8, 4) is 0 Å². The fraction of sp³-hybridized carbons (Fsp3) is 0.593. The average molecular weight is 934 g/mol. The number of phosphoric acid groups is 1. The van der Waals surface area contributed by atoms with E-state index in [1.807, 2.05) is 18.2 Å². The number of phosphoric ester groups is 1. The van der Waals surface area contributed by atoms with Crippen molar-refractivity contribution in [1.29, 1.82) is 0 Å². The zero-order valence-corrected chi connectivity index (χ0v) is 41.1. The van der Waals surface area contributed by atoms with Gasteiger partial charge in [0, 0.05) is 12.8 Å². The SMILES string of the molecule is CC/C=C\C/C=C\C/C=C\CCCCCCCC(=O)OC[C@H](COP(=O)(OCCN1C(=O)c2ccccc2C1=O)OCc1ccccc1)OC(=O)CCCCCCCCCCCCCCC. The first kappa shape index (κ1) is 56.2. The molecule has 66 heavy (non-hydrogen) atoms. The van der Waals surface area contributed by atoms with Gasteiger partial charge >= 0.3 is 19.8 Å². The topological polar surface area (TPSA) is 135 Å². The lowest BCUT2D eigenvalue weighted by molar-refractivity contribution is -0.161. The average Bonchev–Trinajstić information content (AvgIpc) is 3.57. The summed E-state index contributed by atoms with van der Waals surface area (Å²) >= 11 is 0. The molecular formula is C54H80NO10P. The Morgan fingerprint density at radius 3 is 1.68 bits per heavy atom. The zero-order chi connectivity index (χ0) is 47.3. The third kappa shape index (κ3) is 25.1. The fourth-order valence-electron chi connectivity index (χ4n) is 7.49. The van der Waals surface area contributed by atoms with Gasteiger partial charge in [-0.2, -0.15) is 0 Å². The standard InChI is InChI=1S/C54H80NO10P/c1-3-5-7-9-11-13-15-17-18-20-21-23-25-27-32-40-51(56)61-45-48(65-52(57)41-33-28-26-24-22-19-16-14-12-10-8-6-4-2)46-64-66(60,63-44-47-36-30-29-31-37-47)62-43-42-55-53(58)49-38-34-35-39-50(49)54(55)59/h5,7,11,13,17-18,29-31,34-39,48H,3-4,6,8-10,12,14-16,19-28,32-33,40-46H2,1-2H3/b7-5-,13-11-,18-17-/t48-,66?/m1/s1. The number of carbonyl (C=O) groups excluding carboxylic acids is 4. The first-order chi connectivity index (χ1) is 32.3. The number of carbonyl (C=O) groups is 4. The Hall–Kier alpha value is -4.15. The van der Waals surface area contributed by atoms with Gasteiger partial charge in [0.1, 0.15) is 6.61 Å². The van der Waals surface area contributed by atoms with Gasteiger partial charge in [0.05, 0.1) is 37.5 Å². The van der Waals surface area contributed by atoms with E-state index in [-0.39, 0.29) is 50.3 Å². The molecule has 0 fully saturated rings. The highest BCUT2D eigenvalue weighted by Gasteiger charge is 2.36. The Balaban J connectivity index is 1.49. The molecule has 0 aromatic heterocycles. The number of benzene rings is 2. The molecule has 2 amide bonds. The molecule has 0 aliphatic carbocycles. The number of rotatable bonds is 40. The minimum Gasteiger partial charge on any atom is -0.462 e. The summed E-state index contributed by atoms with van der Waals surface area (Å²) in [5.41, 5.74) is 1.27. The van der Waals surface area contributed by atoms with Crippen molar-refractivity contribution in [2.24, 2.45) is 0 Å². The Bertz CT molecular complexity index is 1760. The molecule has 0 saturated carbocycles. The van der Waals surface area contributed by atoms with E-state index in [9.17, 15) is 23.7 Å². The number of amides is 2. The van der Waals surface area contributed by atoms with Gasteiger partial charge in [-0.3, -0.25) is 37.6 Å². The van der Waals surface area contributed by atoms with Crippen LogP contribution in [0.1, 0.15) is 194 Å². The highest BCUT2D eigenvalue weighted by Crippen LogP contribution is 2.50. The predicted molar refractivity (Wildman–Crippen MR) is 263 cm³/mol. The fourth-order valence-corrected chi connectivity index (χ4v) is 8.68. The van der Waals surface area contributed by atoms with E-state index >= 15 is 0 Å². The molecule has 366 valence electrons. The lowest BCUT2D eigenvalue weighted by atomic mass is 10.0. The van der Waals surface area contributed by atoms with E-state index in [1.54, 1.807) is 36.4 Å². The van der Waals surface area contributed by atoms with Crippen molar-refractivity contribution in [3.05, 3.63) is 108 Å². The highest BCUT2D eigenvalue weighted by atomic mass is 31.2. The molecule has 0 saturated heterocycles. The van der Waals surface area contributed by atoms with Crippen LogP contribution in [-0.2, 0) is 43.8 Å². The predicted octanol–water partition coefficient (Wildman–Crippen LogP) is 14.2. The van der Waals surface area contributed by atoms with Gasteiger partial charge in [-0.25, -0.2) is 4.57 Å². The number of ether oxygens (including phenoxy) is 2. The largest absolute Gasteiger partial charge is 0.475 e. The minimum absolute atomic E-state index is 0.130. The van der Waals surface area contributed by atoms with Crippen LogP contribution in [0.5, 0.6) is 0 Å². The Morgan fingerprint density at radius 1 is 0.576 bits per heavy atom. The number of nitrogens with zero attached hydrogens (tertiary/aromatic N) is 1. The van der Waals surface area contributed by atoms with E-state index in [0.717, 1.165) is 75.5 Å². The maximum absolute atomic E-state index is 14.1. The lowest BCUT2D eigenvalue weighted by Crippen LogP contribution is -2.33. The lowest BCUT2D eigenvalue weighted by Gasteiger charge is -2.23. The first-order valence-electron chi connectivity index (χ1n) is 25.1. The zero-order valence-electron chi connectivity index (χ0n) is 40.2. The van der Waals surface area contributed by atoms with Crippen LogP contribution in [0.3, 0.4) is 0 Å². The van der Waals surface area contributed by atoms with Crippen LogP contribution in [0.15, 0.2) is 91.1 Å². The molecule has 2 atom stereocenters. The second-order valence-corrected chi connectivity index (χ2v) is 18.7. The van der Waals surface area contributed by atoms with Crippen molar-refractivity contribution in [2.75, 3.05) is 26.4 Å². The van der Waals surface area contributed by atoms with Crippen molar-refractivity contribution in [1.82, 2.24) is 4.90 Å². The van der Waals surface area contributed by atoms with Gasteiger partial charge in [-0.05, 0) is 62.6 Å². The van der Waals surface area contributed by atoms with Crippen LogP contribution in [0, 0.1) is 0 Å². The van der Waals surface area contributed by atoms with E-state index in [0.29, 0.717) is 18.4 Å². The van der Waals surface area contributed by atoms with Gasteiger partial charge in [0.15, 0.2) is 6.10 Å². The second-order valence-electron chi connectivity index (χ2n) is 17.0. The normalized spacial score (nSPS) is 14.1. The van der Waals surface area contributed by atoms with Crippen LogP contribution in [0.2, 0.25) is 0 Å². The monoisotopic (exact) mass is 934 g/mol. The van der Waals surface area contributed by atoms with Crippen LogP contribution in [-0.4, -0.2) is 61.1 Å². The Labute approximate surface area is 396 Å². The number of hydrogen-bond donors (Lipinski definition) is 0. The Kier molecular flexibility index (Phi) is 30.6. The van der Waals surface area contributed by atoms with Crippen LogP contribution < -0.4 is 0 Å². The van der Waals surface area contributed by atoms with E-state index < -0.39 is 44.3 Å². The first-order valence-corrected chi connectivity index (χ1v) is 26.5. The van der Waals surface area contributed by atoms with Gasteiger partial charge < -0.3 is 9.47 Å². The van der Waals surface area contributed by atoms with Crippen molar-refractivity contribution >= 4 is 31.6 Å². The van der Waals surface area contributed by atoms with Gasteiger partial charge in [0.2, 0.25) is 0 Å². The molecule has 0 radical (unpaired) electrons. The summed E-state index contributed by atoms with van der Waals surface area (Å²) in [6, 6.07) is 15.6. The molecule has 1 heterocycles. The van der Waals surface area contributed by atoms with Crippen LogP contribution in [0.25, 0.3) is 0 Å². The summed E-state index contributed by atoms with van der Waals surface area (Å²) in [6.07, 6.45) is 36.7. The summed E-state index contributed by atoms with van der Waals surface area (Å²) in [5, 5.41) is 0. The summed E-state index contributed by atoms with van der Waals surface area (Å²) in [6.45, 7) is 2.96. The third-order valence-corrected chi connectivity index (χ3v) is 12.7. The number of unbranched alkanes of at least 4 members (excludes halogenated alkanes) is 17. The summed E-state index contributed by atoms with van der Waals surface area (Å²) in [7, 11) is -4.39. The Morgan fingerprint density at radius 2 is 1.09 bits per heavy atom. The molecule has 11 nitrogen and oxygen atoms in total. The summed E-state index contributed by atoms with van der Waals surface area (Å²) < 4.78 is 42.7. The molecule has 0 N–H and O–H groups in total. The quantitative estimate of drug-likeness (QED) is 0.0209. The molecule has 2 aromatic rings. The van der Waals surface area contributed by atoms with E-state index in [2.05, 4.69) is 50.3 Å². The summed E-state index contributed by atoms with van der Waals surface area (Å²) in [4.78, 5) is 52.9. The minimum atomic E-state index is -4.39. The maximum Gasteiger partial charge on any atom is 0.475 e. The number of esters is 2. The molecular weight excluding hydrogens is 854 g/mol. The van der Waals surface area contributed by atoms with E-state index in [4.69, 9.17) is 23.0 Å². The number of allylic oxidation sites excluding steroid dienone is 6. The molecule has 0 spiro atoms. The smallest absolute Gasteiger partial charge is 0.462 e. The second kappa shape index (κ2) is 36.0.